The van der Waals surface area contributed by atoms with E-state index in [-0.39, 0.29) is 11.9 Å². The van der Waals surface area contributed by atoms with Gasteiger partial charge in [0.05, 0.1) is 10.9 Å². The Kier molecular flexibility index (Phi) is 4.97. The Hall–Kier alpha value is -1.86. The summed E-state index contributed by atoms with van der Waals surface area (Å²) in [6, 6.07) is 9.45. The second kappa shape index (κ2) is 7.14. The first-order valence-corrected chi connectivity index (χ1v) is 9.56. The van der Waals surface area contributed by atoms with Crippen LogP contribution in [0.1, 0.15) is 32.8 Å². The van der Waals surface area contributed by atoms with Gasteiger partial charge >= 0.3 is 0 Å². The van der Waals surface area contributed by atoms with Gasteiger partial charge in [-0.25, -0.2) is 0 Å². The van der Waals surface area contributed by atoms with Gasteiger partial charge in [0.1, 0.15) is 0 Å². The molecule has 3 aromatic heterocycles. The number of thioether (sulfide) groups is 1. The normalized spacial score (nSPS) is 12.4. The zero-order chi connectivity index (χ0) is 16.2. The summed E-state index contributed by atoms with van der Waals surface area (Å²) < 4.78 is 1.94. The van der Waals surface area contributed by atoms with E-state index in [9.17, 15) is 4.79 Å². The van der Waals surface area contributed by atoms with Crippen LogP contribution in [0.15, 0.2) is 36.5 Å². The SMILES string of the molecule is CSCCC(NC(=O)c1ccc(C)s1)c1nnc2ccccn12. The third kappa shape index (κ3) is 3.56. The Bertz CT molecular complexity index is 811. The van der Waals surface area contributed by atoms with E-state index in [0.29, 0.717) is 0 Å². The van der Waals surface area contributed by atoms with Crippen molar-refractivity contribution in [3.05, 3.63) is 52.1 Å². The molecule has 1 atom stereocenters. The molecule has 0 spiro atoms. The molecule has 5 nitrogen and oxygen atoms in total. The van der Waals surface area contributed by atoms with Crippen LogP contribution in [0.3, 0.4) is 0 Å². The van der Waals surface area contributed by atoms with Crippen LogP contribution in [0.2, 0.25) is 0 Å². The van der Waals surface area contributed by atoms with Crippen LogP contribution in [0, 0.1) is 6.92 Å². The smallest absolute Gasteiger partial charge is 0.261 e. The molecule has 0 bridgehead atoms. The molecule has 0 saturated heterocycles. The van der Waals surface area contributed by atoms with Gasteiger partial charge in [-0.05, 0) is 49.6 Å². The van der Waals surface area contributed by atoms with Crippen LogP contribution in [0.5, 0.6) is 0 Å². The van der Waals surface area contributed by atoms with Crippen molar-refractivity contribution in [2.75, 3.05) is 12.0 Å². The second-order valence-corrected chi connectivity index (χ2v) is 7.48. The molecule has 0 radical (unpaired) electrons. The average molecular weight is 346 g/mol. The third-order valence-electron chi connectivity index (χ3n) is 3.53. The molecule has 1 amide bonds. The summed E-state index contributed by atoms with van der Waals surface area (Å²) >= 11 is 3.26. The summed E-state index contributed by atoms with van der Waals surface area (Å²) in [6.07, 6.45) is 4.80. The van der Waals surface area contributed by atoms with Crippen LogP contribution in [0.25, 0.3) is 5.65 Å². The lowest BCUT2D eigenvalue weighted by Crippen LogP contribution is -2.29. The van der Waals surface area contributed by atoms with Crippen LogP contribution in [-0.2, 0) is 0 Å². The van der Waals surface area contributed by atoms with E-state index in [4.69, 9.17) is 0 Å². The lowest BCUT2D eigenvalue weighted by molar-refractivity contribution is 0.0938. The zero-order valence-corrected chi connectivity index (χ0v) is 14.7. The molecule has 0 aliphatic heterocycles. The molecule has 0 saturated carbocycles. The summed E-state index contributed by atoms with van der Waals surface area (Å²) in [6.45, 7) is 2.00. The lowest BCUT2D eigenvalue weighted by atomic mass is 10.2. The zero-order valence-electron chi connectivity index (χ0n) is 13.0. The standard InChI is InChI=1S/C16H18N4OS2/c1-11-6-7-13(23-11)16(21)17-12(8-10-22-2)15-19-18-14-5-3-4-9-20(14)15/h3-7,9,12H,8,10H2,1-2H3,(H,17,21). The first kappa shape index (κ1) is 16.0. The van der Waals surface area contributed by atoms with Crippen molar-refractivity contribution >= 4 is 34.7 Å². The number of nitrogens with one attached hydrogen (secondary N) is 1. The van der Waals surface area contributed by atoms with E-state index in [2.05, 4.69) is 21.8 Å². The fraction of sp³-hybridized carbons (Fsp3) is 0.312. The predicted octanol–water partition coefficient (Wildman–Crippen LogP) is 3.32. The maximum Gasteiger partial charge on any atom is 0.261 e. The van der Waals surface area contributed by atoms with Crippen LogP contribution < -0.4 is 5.32 Å². The Labute approximate surface area is 143 Å². The van der Waals surface area contributed by atoms with E-state index >= 15 is 0 Å². The minimum absolute atomic E-state index is 0.0538. The summed E-state index contributed by atoms with van der Waals surface area (Å²) in [5, 5.41) is 11.6. The quantitative estimate of drug-likeness (QED) is 0.744. The van der Waals surface area contributed by atoms with Crippen LogP contribution in [0.4, 0.5) is 0 Å². The highest BCUT2D eigenvalue weighted by molar-refractivity contribution is 7.98. The number of pyridine rings is 1. The molecule has 0 fully saturated rings. The van der Waals surface area contributed by atoms with E-state index in [1.807, 2.05) is 47.9 Å². The molecule has 0 aromatic carbocycles. The van der Waals surface area contributed by atoms with E-state index < -0.39 is 0 Å². The molecular weight excluding hydrogens is 328 g/mol. The van der Waals surface area contributed by atoms with E-state index in [1.54, 1.807) is 11.8 Å². The van der Waals surface area contributed by atoms with E-state index in [1.165, 1.54) is 11.3 Å². The number of amides is 1. The van der Waals surface area contributed by atoms with Crippen molar-refractivity contribution < 1.29 is 4.79 Å². The molecule has 1 N–H and O–H groups in total. The van der Waals surface area contributed by atoms with Gasteiger partial charge in [0, 0.05) is 11.1 Å². The van der Waals surface area contributed by atoms with Gasteiger partial charge in [-0.15, -0.1) is 21.5 Å². The number of hydrogen-bond acceptors (Lipinski definition) is 5. The molecule has 1 unspecified atom stereocenters. The minimum atomic E-state index is -0.158. The summed E-state index contributed by atoms with van der Waals surface area (Å²) in [5.74, 6) is 1.66. The molecule has 7 heteroatoms. The average Bonchev–Trinajstić information content (AvgIpc) is 3.17. The largest absolute Gasteiger partial charge is 0.341 e. The van der Waals surface area contributed by atoms with Gasteiger partial charge in [-0.2, -0.15) is 11.8 Å². The molecule has 3 rings (SSSR count). The van der Waals surface area contributed by atoms with Crippen molar-refractivity contribution in [1.82, 2.24) is 19.9 Å². The molecule has 0 aliphatic rings. The highest BCUT2D eigenvalue weighted by Crippen LogP contribution is 2.21. The molecule has 0 aliphatic carbocycles. The molecular formula is C16H18N4OS2. The highest BCUT2D eigenvalue weighted by atomic mass is 32.2. The first-order chi connectivity index (χ1) is 11.2. The van der Waals surface area contributed by atoms with Crippen molar-refractivity contribution in [2.45, 2.75) is 19.4 Å². The van der Waals surface area contributed by atoms with Gasteiger partial charge in [0.2, 0.25) is 0 Å². The lowest BCUT2D eigenvalue weighted by Gasteiger charge is -2.16. The fourth-order valence-electron chi connectivity index (χ4n) is 2.38. The molecule has 3 heterocycles. The fourth-order valence-corrected chi connectivity index (χ4v) is 3.63. The van der Waals surface area contributed by atoms with Crippen molar-refractivity contribution in [3.8, 4) is 0 Å². The van der Waals surface area contributed by atoms with Gasteiger partial charge in [-0.1, -0.05) is 6.07 Å². The van der Waals surface area contributed by atoms with Gasteiger partial charge in [0.15, 0.2) is 11.5 Å². The number of hydrogen-bond donors (Lipinski definition) is 1. The topological polar surface area (TPSA) is 59.3 Å². The van der Waals surface area contributed by atoms with Crippen molar-refractivity contribution in [1.29, 1.82) is 0 Å². The number of rotatable bonds is 6. The third-order valence-corrected chi connectivity index (χ3v) is 5.18. The maximum atomic E-state index is 12.5. The van der Waals surface area contributed by atoms with E-state index in [0.717, 1.165) is 33.4 Å². The highest BCUT2D eigenvalue weighted by Gasteiger charge is 2.21. The number of carbonyl (C=O) groups excluding carboxylic acids is 1. The second-order valence-electron chi connectivity index (χ2n) is 5.20. The van der Waals surface area contributed by atoms with Crippen molar-refractivity contribution in [2.24, 2.45) is 0 Å². The number of aryl methyl sites for hydroxylation is 1. The molecule has 23 heavy (non-hydrogen) atoms. The Balaban J connectivity index is 1.87. The number of thiophene rings is 1. The summed E-state index contributed by atoms with van der Waals surface area (Å²) in [7, 11) is 0. The summed E-state index contributed by atoms with van der Waals surface area (Å²) in [5.41, 5.74) is 0.790. The predicted molar refractivity (Wildman–Crippen MR) is 95.2 cm³/mol. The molecule has 120 valence electrons. The first-order valence-electron chi connectivity index (χ1n) is 7.35. The monoisotopic (exact) mass is 346 g/mol. The number of carbonyl (C=O) groups is 1. The number of nitrogens with zero attached hydrogens (tertiary/aromatic N) is 3. The number of fused-ring (bicyclic) bond motifs is 1. The van der Waals surface area contributed by atoms with Crippen LogP contribution >= 0.6 is 23.1 Å². The maximum absolute atomic E-state index is 12.5. The van der Waals surface area contributed by atoms with Gasteiger partial charge < -0.3 is 5.32 Å². The Morgan fingerprint density at radius 2 is 2.22 bits per heavy atom. The Morgan fingerprint density at radius 1 is 1.35 bits per heavy atom. The minimum Gasteiger partial charge on any atom is -0.341 e. The van der Waals surface area contributed by atoms with Gasteiger partial charge in [-0.3, -0.25) is 9.20 Å². The summed E-state index contributed by atoms with van der Waals surface area (Å²) in [4.78, 5) is 14.4. The Morgan fingerprint density at radius 3 is 2.96 bits per heavy atom. The van der Waals surface area contributed by atoms with Crippen molar-refractivity contribution in [3.63, 3.8) is 0 Å². The number of aromatic nitrogens is 3. The van der Waals surface area contributed by atoms with Gasteiger partial charge in [0.25, 0.3) is 5.91 Å². The molecule has 3 aromatic rings. The van der Waals surface area contributed by atoms with Crippen LogP contribution in [-0.4, -0.2) is 32.5 Å².